The second-order valence-corrected chi connectivity index (χ2v) is 7.86. The highest BCUT2D eigenvalue weighted by atomic mass is 32.1. The van der Waals surface area contributed by atoms with Crippen molar-refractivity contribution in [2.24, 2.45) is 11.3 Å². The molecule has 1 aliphatic carbocycles. The topological polar surface area (TPSA) is 55.4 Å². The number of carbonyl (C=O) groups excluding carboxylic acids is 2. The van der Waals surface area contributed by atoms with Gasteiger partial charge in [-0.15, -0.1) is 11.3 Å². The van der Waals surface area contributed by atoms with Crippen molar-refractivity contribution in [1.82, 2.24) is 0 Å². The molecule has 0 bridgehead atoms. The number of anilines is 1. The highest BCUT2D eigenvalue weighted by Gasteiger charge is 2.30. The van der Waals surface area contributed by atoms with Crippen molar-refractivity contribution in [2.75, 3.05) is 12.4 Å². The lowest BCUT2D eigenvalue weighted by atomic mass is 9.88. The molecule has 1 atom stereocenters. The first-order chi connectivity index (χ1) is 9.74. The van der Waals surface area contributed by atoms with E-state index in [9.17, 15) is 9.59 Å². The Bertz CT molecular complexity index is 569. The molecule has 1 N–H and O–H groups in total. The van der Waals surface area contributed by atoms with E-state index >= 15 is 0 Å². The predicted molar refractivity (Wildman–Crippen MR) is 84.9 cm³/mol. The Hall–Kier alpha value is -1.36. The van der Waals surface area contributed by atoms with Gasteiger partial charge in [-0.1, -0.05) is 27.7 Å². The summed E-state index contributed by atoms with van der Waals surface area (Å²) in [5.41, 5.74) is 1.13. The summed E-state index contributed by atoms with van der Waals surface area (Å²) in [7, 11) is 1.38. The highest BCUT2D eigenvalue weighted by molar-refractivity contribution is 7.17. The molecule has 21 heavy (non-hydrogen) atoms. The van der Waals surface area contributed by atoms with E-state index in [2.05, 4.69) is 12.2 Å². The smallest absolute Gasteiger partial charge is 0.341 e. The van der Waals surface area contributed by atoms with Crippen LogP contribution < -0.4 is 5.32 Å². The number of esters is 1. The average molecular weight is 309 g/mol. The Morgan fingerprint density at radius 1 is 1.33 bits per heavy atom. The molecule has 1 amide bonds. The largest absolute Gasteiger partial charge is 0.465 e. The van der Waals surface area contributed by atoms with Crippen molar-refractivity contribution in [2.45, 2.75) is 47.0 Å². The number of methoxy groups -OCH3 is 1. The van der Waals surface area contributed by atoms with Crippen molar-refractivity contribution >= 4 is 28.2 Å². The zero-order valence-corrected chi connectivity index (χ0v) is 14.1. The van der Waals surface area contributed by atoms with Crippen molar-refractivity contribution in [3.63, 3.8) is 0 Å². The number of rotatable bonds is 2. The number of ether oxygens (including phenoxy) is 1. The fraction of sp³-hybridized carbons (Fsp3) is 0.625. The molecule has 0 saturated heterocycles. The molecule has 0 fully saturated rings. The molecule has 0 radical (unpaired) electrons. The summed E-state index contributed by atoms with van der Waals surface area (Å²) in [4.78, 5) is 25.5. The first-order valence-corrected chi connectivity index (χ1v) is 8.10. The molecule has 1 heterocycles. The fourth-order valence-electron chi connectivity index (χ4n) is 2.45. The summed E-state index contributed by atoms with van der Waals surface area (Å²) >= 11 is 1.52. The van der Waals surface area contributed by atoms with Gasteiger partial charge >= 0.3 is 5.97 Å². The lowest BCUT2D eigenvalue weighted by Gasteiger charge is -2.18. The molecule has 0 spiro atoms. The SMILES string of the molecule is COC(=O)c1c(NC(=O)C(C)(C)C)sc2c1CC[C@@H](C)C2. The van der Waals surface area contributed by atoms with Crippen molar-refractivity contribution in [3.8, 4) is 0 Å². The predicted octanol–water partition coefficient (Wildman–Crippen LogP) is 3.64. The third kappa shape index (κ3) is 3.28. The summed E-state index contributed by atoms with van der Waals surface area (Å²) in [5.74, 6) is 0.179. The van der Waals surface area contributed by atoms with E-state index in [1.165, 1.54) is 23.3 Å². The fourth-order valence-corrected chi connectivity index (χ4v) is 3.84. The third-order valence-corrected chi connectivity index (χ3v) is 4.98. The van der Waals surface area contributed by atoms with Crippen molar-refractivity contribution in [1.29, 1.82) is 0 Å². The minimum Gasteiger partial charge on any atom is -0.465 e. The standard InChI is InChI=1S/C16H23NO3S/c1-9-6-7-10-11(8-9)21-13(12(10)14(18)20-5)17-15(19)16(2,3)4/h9H,6-8H2,1-5H3,(H,17,19)/t9-/m1/s1. The molecule has 2 rings (SSSR count). The van der Waals surface area contributed by atoms with Gasteiger partial charge < -0.3 is 10.1 Å². The van der Waals surface area contributed by atoms with Gasteiger partial charge in [-0.25, -0.2) is 4.79 Å². The molecule has 1 aromatic heterocycles. The normalized spacial score (nSPS) is 18.0. The molecule has 1 aliphatic rings. The molecule has 1 aromatic rings. The first kappa shape index (κ1) is 16.0. The Morgan fingerprint density at radius 2 is 2.00 bits per heavy atom. The Labute approximate surface area is 129 Å². The Morgan fingerprint density at radius 3 is 2.57 bits per heavy atom. The van der Waals surface area contributed by atoms with E-state index in [1.807, 2.05) is 20.8 Å². The molecule has 4 nitrogen and oxygen atoms in total. The van der Waals surface area contributed by atoms with Crippen LogP contribution in [0.1, 0.15) is 54.9 Å². The van der Waals surface area contributed by atoms with Crippen LogP contribution in [0.4, 0.5) is 5.00 Å². The monoisotopic (exact) mass is 309 g/mol. The van der Waals surface area contributed by atoms with Crippen LogP contribution in [0, 0.1) is 11.3 Å². The average Bonchev–Trinajstić information content (AvgIpc) is 2.73. The van der Waals surface area contributed by atoms with E-state index in [-0.39, 0.29) is 11.9 Å². The molecule has 116 valence electrons. The van der Waals surface area contributed by atoms with Crippen molar-refractivity contribution in [3.05, 3.63) is 16.0 Å². The van der Waals surface area contributed by atoms with Gasteiger partial charge in [0.05, 0.1) is 12.7 Å². The first-order valence-electron chi connectivity index (χ1n) is 7.28. The van der Waals surface area contributed by atoms with Crippen LogP contribution >= 0.6 is 11.3 Å². The molecule has 0 aliphatic heterocycles. The van der Waals surface area contributed by atoms with Crippen LogP contribution in [0.2, 0.25) is 0 Å². The maximum atomic E-state index is 12.2. The van der Waals surface area contributed by atoms with Crippen LogP contribution in [-0.4, -0.2) is 19.0 Å². The van der Waals surface area contributed by atoms with E-state index in [1.54, 1.807) is 0 Å². The zero-order valence-electron chi connectivity index (χ0n) is 13.3. The van der Waals surface area contributed by atoms with Crippen LogP contribution in [0.3, 0.4) is 0 Å². The van der Waals surface area contributed by atoms with Crippen LogP contribution in [0.5, 0.6) is 0 Å². The van der Waals surface area contributed by atoms with Gasteiger partial charge in [-0.05, 0) is 30.7 Å². The third-order valence-electron chi connectivity index (χ3n) is 3.81. The Balaban J connectivity index is 2.41. The van der Waals surface area contributed by atoms with E-state index in [0.29, 0.717) is 16.5 Å². The van der Waals surface area contributed by atoms with Gasteiger partial charge in [-0.3, -0.25) is 4.79 Å². The second-order valence-electron chi connectivity index (χ2n) is 6.75. The summed E-state index contributed by atoms with van der Waals surface area (Å²) in [6, 6.07) is 0. The van der Waals surface area contributed by atoms with Gasteiger partial charge in [0, 0.05) is 10.3 Å². The molecule has 0 aromatic carbocycles. The number of thiophene rings is 1. The van der Waals surface area contributed by atoms with Crippen LogP contribution in [0.25, 0.3) is 0 Å². The van der Waals surface area contributed by atoms with Gasteiger partial charge in [0.15, 0.2) is 0 Å². The highest BCUT2D eigenvalue weighted by Crippen LogP contribution is 2.40. The molecular weight excluding hydrogens is 286 g/mol. The molecule has 0 saturated carbocycles. The second kappa shape index (κ2) is 5.79. The zero-order chi connectivity index (χ0) is 15.8. The number of fused-ring (bicyclic) bond motifs is 1. The summed E-state index contributed by atoms with van der Waals surface area (Å²) < 4.78 is 4.91. The van der Waals surface area contributed by atoms with Crippen LogP contribution in [0.15, 0.2) is 0 Å². The molecular formula is C16H23NO3S. The number of amides is 1. The summed E-state index contributed by atoms with van der Waals surface area (Å²) in [6.07, 6.45) is 2.92. The maximum Gasteiger partial charge on any atom is 0.341 e. The van der Waals surface area contributed by atoms with Crippen LogP contribution in [-0.2, 0) is 22.4 Å². The lowest BCUT2D eigenvalue weighted by molar-refractivity contribution is -0.123. The van der Waals surface area contributed by atoms with E-state index in [0.717, 1.165) is 24.8 Å². The Kier molecular flexibility index (Phi) is 4.42. The van der Waals surface area contributed by atoms with E-state index in [4.69, 9.17) is 4.74 Å². The minimum absolute atomic E-state index is 0.0840. The quantitative estimate of drug-likeness (QED) is 0.849. The number of hydrogen-bond donors (Lipinski definition) is 1. The van der Waals surface area contributed by atoms with Crippen molar-refractivity contribution < 1.29 is 14.3 Å². The van der Waals surface area contributed by atoms with Gasteiger partial charge in [0.2, 0.25) is 5.91 Å². The number of hydrogen-bond acceptors (Lipinski definition) is 4. The minimum atomic E-state index is -0.495. The number of nitrogens with one attached hydrogen (secondary N) is 1. The lowest BCUT2D eigenvalue weighted by Crippen LogP contribution is -2.28. The summed E-state index contributed by atoms with van der Waals surface area (Å²) in [6.45, 7) is 7.79. The van der Waals surface area contributed by atoms with Gasteiger partial charge in [0.1, 0.15) is 5.00 Å². The maximum absolute atomic E-state index is 12.2. The summed E-state index contributed by atoms with van der Waals surface area (Å²) in [5, 5.41) is 3.56. The van der Waals surface area contributed by atoms with Gasteiger partial charge in [-0.2, -0.15) is 0 Å². The van der Waals surface area contributed by atoms with Gasteiger partial charge in [0.25, 0.3) is 0 Å². The molecule has 0 unspecified atom stereocenters. The number of carbonyl (C=O) groups is 2. The van der Waals surface area contributed by atoms with E-state index < -0.39 is 5.41 Å². The molecule has 5 heteroatoms.